The molecular formula is C12H12BrNO3. The van der Waals surface area contributed by atoms with Crippen molar-refractivity contribution < 1.29 is 14.3 Å². The molecule has 1 aromatic rings. The lowest BCUT2D eigenvalue weighted by atomic mass is 9.97. The molecule has 1 saturated heterocycles. The first-order valence-corrected chi connectivity index (χ1v) is 5.97. The third-order valence-corrected chi connectivity index (χ3v) is 3.37. The number of nitrogens with zero attached hydrogens (tertiary/aromatic N) is 1. The smallest absolute Gasteiger partial charge is 0.236 e. The van der Waals surface area contributed by atoms with Gasteiger partial charge in [-0.1, -0.05) is 15.9 Å². The van der Waals surface area contributed by atoms with Crippen LogP contribution < -0.4 is 4.74 Å². The number of hydrogen-bond acceptors (Lipinski definition) is 3. The normalized spacial score (nSPS) is 19.9. The first kappa shape index (κ1) is 12.1. The van der Waals surface area contributed by atoms with E-state index in [1.54, 1.807) is 13.2 Å². The highest BCUT2D eigenvalue weighted by Gasteiger charge is 2.37. The SMILES string of the molecule is COc1cc(Br)cc(C2CC(=O)N(C)C2=O)c1. The molecule has 2 amide bonds. The Labute approximate surface area is 108 Å². The Morgan fingerprint density at radius 3 is 2.59 bits per heavy atom. The number of benzene rings is 1. The average Bonchev–Trinajstić information content (AvgIpc) is 2.56. The van der Waals surface area contributed by atoms with E-state index in [-0.39, 0.29) is 24.2 Å². The highest BCUT2D eigenvalue weighted by Crippen LogP contribution is 2.32. The number of rotatable bonds is 2. The Balaban J connectivity index is 2.38. The molecule has 1 unspecified atom stereocenters. The van der Waals surface area contributed by atoms with Crippen LogP contribution in [0.3, 0.4) is 0 Å². The second kappa shape index (κ2) is 4.49. The van der Waals surface area contributed by atoms with Crippen molar-refractivity contribution in [3.05, 3.63) is 28.2 Å². The van der Waals surface area contributed by atoms with Gasteiger partial charge in [0.25, 0.3) is 0 Å². The maximum absolute atomic E-state index is 11.9. The Hall–Kier alpha value is -1.36. The number of halogens is 1. The van der Waals surface area contributed by atoms with Gasteiger partial charge in [-0.05, 0) is 23.8 Å². The summed E-state index contributed by atoms with van der Waals surface area (Å²) in [6.45, 7) is 0. The fraction of sp³-hybridized carbons (Fsp3) is 0.333. The van der Waals surface area contributed by atoms with E-state index in [2.05, 4.69) is 15.9 Å². The maximum atomic E-state index is 11.9. The number of likely N-dealkylation sites (tertiary alicyclic amines) is 1. The quantitative estimate of drug-likeness (QED) is 0.784. The minimum absolute atomic E-state index is 0.140. The van der Waals surface area contributed by atoms with E-state index in [1.807, 2.05) is 12.1 Å². The van der Waals surface area contributed by atoms with Gasteiger partial charge in [-0.15, -0.1) is 0 Å². The van der Waals surface area contributed by atoms with Gasteiger partial charge in [0.1, 0.15) is 5.75 Å². The second-order valence-corrected chi connectivity index (χ2v) is 4.89. The molecule has 0 spiro atoms. The van der Waals surface area contributed by atoms with Crippen LogP contribution in [0, 0.1) is 0 Å². The van der Waals surface area contributed by atoms with Crippen LogP contribution in [0.15, 0.2) is 22.7 Å². The maximum Gasteiger partial charge on any atom is 0.236 e. The van der Waals surface area contributed by atoms with Crippen molar-refractivity contribution in [1.29, 1.82) is 0 Å². The van der Waals surface area contributed by atoms with Gasteiger partial charge < -0.3 is 4.74 Å². The molecule has 2 rings (SSSR count). The first-order valence-electron chi connectivity index (χ1n) is 5.18. The van der Waals surface area contributed by atoms with E-state index in [1.165, 1.54) is 11.9 Å². The fourth-order valence-corrected chi connectivity index (χ4v) is 2.41. The predicted octanol–water partition coefficient (Wildman–Crippen LogP) is 1.93. The molecule has 1 aromatic carbocycles. The molecule has 1 aliphatic heterocycles. The van der Waals surface area contributed by atoms with Crippen molar-refractivity contribution in [3.63, 3.8) is 0 Å². The third-order valence-electron chi connectivity index (χ3n) is 2.91. The molecule has 0 saturated carbocycles. The number of carbonyl (C=O) groups is 2. The molecule has 17 heavy (non-hydrogen) atoms. The molecule has 0 N–H and O–H groups in total. The molecule has 0 aliphatic carbocycles. The molecule has 90 valence electrons. The second-order valence-electron chi connectivity index (χ2n) is 3.97. The summed E-state index contributed by atoms with van der Waals surface area (Å²) in [4.78, 5) is 24.5. The number of likely N-dealkylation sites (N-methyl/N-ethyl adjacent to an activating group) is 1. The van der Waals surface area contributed by atoms with Gasteiger partial charge >= 0.3 is 0 Å². The summed E-state index contributed by atoms with van der Waals surface area (Å²) >= 11 is 3.36. The fourth-order valence-electron chi connectivity index (χ4n) is 1.92. The van der Waals surface area contributed by atoms with Gasteiger partial charge in [0, 0.05) is 17.9 Å². The molecule has 1 atom stereocenters. The van der Waals surface area contributed by atoms with Crippen molar-refractivity contribution in [3.8, 4) is 5.75 Å². The van der Waals surface area contributed by atoms with Crippen LogP contribution in [0.4, 0.5) is 0 Å². The molecule has 0 aromatic heterocycles. The highest BCUT2D eigenvalue weighted by atomic mass is 79.9. The first-order chi connectivity index (χ1) is 8.02. The summed E-state index contributed by atoms with van der Waals surface area (Å²) in [6.07, 6.45) is 0.231. The lowest BCUT2D eigenvalue weighted by Gasteiger charge is -2.11. The number of amides is 2. The summed E-state index contributed by atoms with van der Waals surface area (Å²) in [7, 11) is 3.08. The summed E-state index contributed by atoms with van der Waals surface area (Å²) in [5.41, 5.74) is 0.805. The average molecular weight is 298 g/mol. The van der Waals surface area contributed by atoms with E-state index in [9.17, 15) is 9.59 Å². The third kappa shape index (κ3) is 2.20. The molecule has 1 heterocycles. The lowest BCUT2D eigenvalue weighted by Crippen LogP contribution is -2.25. The molecule has 4 nitrogen and oxygen atoms in total. The molecule has 1 aliphatic rings. The molecule has 5 heteroatoms. The van der Waals surface area contributed by atoms with Gasteiger partial charge in [-0.2, -0.15) is 0 Å². The Morgan fingerprint density at radius 2 is 2.06 bits per heavy atom. The number of hydrogen-bond donors (Lipinski definition) is 0. The number of ether oxygens (including phenoxy) is 1. The zero-order valence-corrected chi connectivity index (χ0v) is 11.2. The summed E-state index contributed by atoms with van der Waals surface area (Å²) in [6, 6.07) is 5.45. The molecular weight excluding hydrogens is 286 g/mol. The van der Waals surface area contributed by atoms with Crippen molar-refractivity contribution in [2.75, 3.05) is 14.2 Å². The standard InChI is InChI=1S/C12H12BrNO3/c1-14-11(15)6-10(12(14)16)7-3-8(13)5-9(4-7)17-2/h3-5,10H,6H2,1-2H3. The van der Waals surface area contributed by atoms with Gasteiger partial charge in [0.05, 0.1) is 13.0 Å². The van der Waals surface area contributed by atoms with Gasteiger partial charge in [0.15, 0.2) is 0 Å². The van der Waals surface area contributed by atoms with E-state index in [0.29, 0.717) is 5.75 Å². The van der Waals surface area contributed by atoms with Crippen LogP contribution in [-0.2, 0) is 9.59 Å². The van der Waals surface area contributed by atoms with Crippen LogP contribution in [0.25, 0.3) is 0 Å². The van der Waals surface area contributed by atoms with Gasteiger partial charge in [-0.3, -0.25) is 14.5 Å². The Bertz CT molecular complexity index is 487. The van der Waals surface area contributed by atoms with Gasteiger partial charge in [-0.25, -0.2) is 0 Å². The van der Waals surface area contributed by atoms with Gasteiger partial charge in [0.2, 0.25) is 11.8 Å². The lowest BCUT2D eigenvalue weighted by molar-refractivity contribution is -0.137. The van der Waals surface area contributed by atoms with Crippen LogP contribution in [0.5, 0.6) is 5.75 Å². The number of imide groups is 1. The van der Waals surface area contributed by atoms with E-state index in [0.717, 1.165) is 10.0 Å². The Kier molecular flexibility index (Phi) is 3.19. The van der Waals surface area contributed by atoms with E-state index < -0.39 is 0 Å². The minimum Gasteiger partial charge on any atom is -0.497 e. The van der Waals surface area contributed by atoms with Crippen molar-refractivity contribution in [2.45, 2.75) is 12.3 Å². The predicted molar refractivity (Wildman–Crippen MR) is 65.8 cm³/mol. The highest BCUT2D eigenvalue weighted by molar-refractivity contribution is 9.10. The van der Waals surface area contributed by atoms with Crippen molar-refractivity contribution in [1.82, 2.24) is 4.90 Å². The number of carbonyl (C=O) groups excluding carboxylic acids is 2. The van der Waals surface area contributed by atoms with Crippen molar-refractivity contribution in [2.24, 2.45) is 0 Å². The zero-order chi connectivity index (χ0) is 12.6. The molecule has 0 radical (unpaired) electrons. The monoisotopic (exact) mass is 297 g/mol. The molecule has 0 bridgehead atoms. The van der Waals surface area contributed by atoms with Crippen LogP contribution in [0.1, 0.15) is 17.9 Å². The summed E-state index contributed by atoms with van der Waals surface area (Å²) in [5.74, 6) is -0.0165. The number of methoxy groups -OCH3 is 1. The van der Waals surface area contributed by atoms with E-state index in [4.69, 9.17) is 4.74 Å². The largest absolute Gasteiger partial charge is 0.497 e. The van der Waals surface area contributed by atoms with E-state index >= 15 is 0 Å². The zero-order valence-electron chi connectivity index (χ0n) is 9.57. The summed E-state index contributed by atoms with van der Waals surface area (Å²) in [5, 5.41) is 0. The molecule has 1 fully saturated rings. The topological polar surface area (TPSA) is 46.6 Å². The minimum atomic E-state index is -0.390. The van der Waals surface area contributed by atoms with Crippen molar-refractivity contribution >= 4 is 27.7 Å². The Morgan fingerprint density at radius 1 is 1.35 bits per heavy atom. The van der Waals surface area contributed by atoms with Crippen LogP contribution in [-0.4, -0.2) is 30.9 Å². The van der Waals surface area contributed by atoms with Crippen LogP contribution >= 0.6 is 15.9 Å². The van der Waals surface area contributed by atoms with Crippen LogP contribution in [0.2, 0.25) is 0 Å². The summed E-state index contributed by atoms with van der Waals surface area (Å²) < 4.78 is 5.98.